The van der Waals surface area contributed by atoms with Gasteiger partial charge in [-0.2, -0.15) is 0 Å². The molecule has 0 bridgehead atoms. The smallest absolute Gasteiger partial charge is 0.0263 e. The Bertz CT molecular complexity index is 109. The van der Waals surface area contributed by atoms with Crippen molar-refractivity contribution in [2.45, 2.75) is 6.92 Å². The molecule has 46 valence electrons. The Morgan fingerprint density at radius 3 is 2.88 bits per heavy atom. The average Bonchev–Trinajstić information content (AvgIpc) is 1.64. The molecule has 0 aromatic rings. The van der Waals surface area contributed by atoms with Crippen LogP contribution in [0.4, 0.5) is 0 Å². The summed E-state index contributed by atoms with van der Waals surface area (Å²) < 4.78 is 0. The fourth-order valence-corrected chi connectivity index (χ4v) is 1.72. The van der Waals surface area contributed by atoms with Gasteiger partial charge < -0.3 is 4.90 Å². The minimum atomic E-state index is 1.20. The number of rotatable bonds is 0. The van der Waals surface area contributed by atoms with Crippen LogP contribution in [-0.2, 0) is 0 Å². The third-order valence-corrected chi connectivity index (χ3v) is 2.12. The van der Waals surface area contributed by atoms with Crippen LogP contribution >= 0.6 is 11.8 Å². The fourth-order valence-electron chi connectivity index (χ4n) is 0.763. The summed E-state index contributed by atoms with van der Waals surface area (Å²) >= 11 is 1.94. The summed E-state index contributed by atoms with van der Waals surface area (Å²) in [5.41, 5.74) is 0. The summed E-state index contributed by atoms with van der Waals surface area (Å²) in [6.07, 6.45) is 2.19. The zero-order valence-corrected chi connectivity index (χ0v) is 6.16. The molecule has 0 N–H and O–H groups in total. The van der Waals surface area contributed by atoms with Crippen LogP contribution in [0.2, 0.25) is 0 Å². The lowest BCUT2D eigenvalue weighted by Gasteiger charge is -2.19. The highest BCUT2D eigenvalue weighted by Crippen LogP contribution is 2.18. The van der Waals surface area contributed by atoms with Gasteiger partial charge in [-0.1, -0.05) is 0 Å². The highest BCUT2D eigenvalue weighted by atomic mass is 32.2. The Kier molecular flexibility index (Phi) is 1.84. The zero-order valence-electron chi connectivity index (χ0n) is 5.35. The molecule has 1 aliphatic rings. The van der Waals surface area contributed by atoms with Crippen molar-refractivity contribution in [2.75, 3.05) is 19.3 Å². The summed E-state index contributed by atoms with van der Waals surface area (Å²) in [5, 5.41) is 0. The molecule has 1 aliphatic heterocycles. The second kappa shape index (κ2) is 2.44. The van der Waals surface area contributed by atoms with E-state index < -0.39 is 0 Å². The van der Waals surface area contributed by atoms with Crippen molar-refractivity contribution in [3.8, 4) is 0 Å². The van der Waals surface area contributed by atoms with Crippen molar-refractivity contribution < 1.29 is 0 Å². The third kappa shape index (κ3) is 1.44. The minimum Gasteiger partial charge on any atom is -0.379 e. The molecule has 0 spiro atoms. The van der Waals surface area contributed by atoms with Crippen LogP contribution in [0.15, 0.2) is 11.1 Å². The van der Waals surface area contributed by atoms with E-state index in [4.69, 9.17) is 0 Å². The number of allylic oxidation sites excluding steroid dienone is 1. The van der Waals surface area contributed by atoms with Crippen LogP contribution in [-0.4, -0.2) is 24.2 Å². The molecule has 0 aromatic heterocycles. The minimum absolute atomic E-state index is 1.20. The van der Waals surface area contributed by atoms with Gasteiger partial charge in [0.05, 0.1) is 0 Å². The molecular weight excluding hydrogens is 118 g/mol. The van der Waals surface area contributed by atoms with Gasteiger partial charge in [-0.3, -0.25) is 0 Å². The van der Waals surface area contributed by atoms with Crippen molar-refractivity contribution in [3.63, 3.8) is 0 Å². The van der Waals surface area contributed by atoms with E-state index >= 15 is 0 Å². The van der Waals surface area contributed by atoms with E-state index in [2.05, 4.69) is 25.1 Å². The summed E-state index contributed by atoms with van der Waals surface area (Å²) in [6.45, 7) is 3.35. The highest BCUT2D eigenvalue weighted by molar-refractivity contribution is 8.03. The predicted molar refractivity (Wildman–Crippen MR) is 38.8 cm³/mol. The van der Waals surface area contributed by atoms with Crippen LogP contribution in [0.25, 0.3) is 0 Å². The number of thioether (sulfide) groups is 1. The molecule has 0 saturated heterocycles. The summed E-state index contributed by atoms with van der Waals surface area (Å²) in [4.78, 5) is 3.66. The van der Waals surface area contributed by atoms with Crippen LogP contribution in [0.3, 0.4) is 0 Å². The standard InChI is InChI=1S/C6H11NS/c1-6-5-7(2)3-4-8-6/h5H,3-4H2,1-2H3. The highest BCUT2D eigenvalue weighted by Gasteiger charge is 2.00. The van der Waals surface area contributed by atoms with E-state index in [1.54, 1.807) is 0 Å². The molecule has 0 radical (unpaired) electrons. The van der Waals surface area contributed by atoms with Gasteiger partial charge in [0.2, 0.25) is 0 Å². The van der Waals surface area contributed by atoms with E-state index in [-0.39, 0.29) is 0 Å². The van der Waals surface area contributed by atoms with Crippen molar-refractivity contribution in [1.29, 1.82) is 0 Å². The molecule has 1 rings (SSSR count). The van der Waals surface area contributed by atoms with Crippen molar-refractivity contribution in [1.82, 2.24) is 4.90 Å². The molecule has 0 amide bonds. The fraction of sp³-hybridized carbons (Fsp3) is 0.667. The number of nitrogens with zero attached hydrogens (tertiary/aromatic N) is 1. The first-order chi connectivity index (χ1) is 3.79. The van der Waals surface area contributed by atoms with Crippen LogP contribution in [0.5, 0.6) is 0 Å². The first-order valence-electron chi connectivity index (χ1n) is 2.80. The first kappa shape index (κ1) is 6.02. The van der Waals surface area contributed by atoms with Gasteiger partial charge >= 0.3 is 0 Å². The van der Waals surface area contributed by atoms with Gasteiger partial charge in [-0.15, -0.1) is 11.8 Å². The van der Waals surface area contributed by atoms with E-state index in [1.807, 2.05) is 11.8 Å². The van der Waals surface area contributed by atoms with Crippen molar-refractivity contribution in [3.05, 3.63) is 11.1 Å². The molecule has 1 heterocycles. The van der Waals surface area contributed by atoms with Crippen LogP contribution in [0.1, 0.15) is 6.92 Å². The predicted octanol–water partition coefficient (Wildman–Crippen LogP) is 1.53. The Morgan fingerprint density at radius 2 is 2.50 bits per heavy atom. The molecule has 1 nitrogen and oxygen atoms in total. The lowest BCUT2D eigenvalue weighted by molar-refractivity contribution is 0.482. The Labute approximate surface area is 54.8 Å². The average molecular weight is 129 g/mol. The van der Waals surface area contributed by atoms with Crippen molar-refractivity contribution >= 4 is 11.8 Å². The zero-order chi connectivity index (χ0) is 5.98. The van der Waals surface area contributed by atoms with Crippen LogP contribution in [0, 0.1) is 0 Å². The SMILES string of the molecule is CC1=CN(C)CCS1. The normalized spacial score (nSPS) is 20.8. The largest absolute Gasteiger partial charge is 0.379 e. The van der Waals surface area contributed by atoms with E-state index in [9.17, 15) is 0 Å². The maximum Gasteiger partial charge on any atom is 0.0263 e. The maximum absolute atomic E-state index is 2.23. The molecule has 0 aromatic carbocycles. The molecule has 0 saturated carbocycles. The lowest BCUT2D eigenvalue weighted by Crippen LogP contribution is -2.17. The molecule has 0 aliphatic carbocycles. The van der Waals surface area contributed by atoms with Gasteiger partial charge in [0.25, 0.3) is 0 Å². The quantitative estimate of drug-likeness (QED) is 0.488. The van der Waals surface area contributed by atoms with E-state index in [1.165, 1.54) is 17.2 Å². The summed E-state index contributed by atoms with van der Waals surface area (Å²) in [6, 6.07) is 0. The van der Waals surface area contributed by atoms with Crippen molar-refractivity contribution in [2.24, 2.45) is 0 Å². The van der Waals surface area contributed by atoms with Gasteiger partial charge in [0.15, 0.2) is 0 Å². The molecule has 0 atom stereocenters. The van der Waals surface area contributed by atoms with Gasteiger partial charge in [0.1, 0.15) is 0 Å². The molecule has 8 heavy (non-hydrogen) atoms. The topological polar surface area (TPSA) is 3.24 Å². The molecule has 0 unspecified atom stereocenters. The summed E-state index contributed by atoms with van der Waals surface area (Å²) in [5.74, 6) is 1.25. The summed E-state index contributed by atoms with van der Waals surface area (Å²) in [7, 11) is 2.11. The second-order valence-electron chi connectivity index (χ2n) is 2.07. The lowest BCUT2D eigenvalue weighted by atomic mass is 10.6. The third-order valence-electron chi connectivity index (χ3n) is 1.18. The van der Waals surface area contributed by atoms with Gasteiger partial charge in [-0.25, -0.2) is 0 Å². The molecule has 0 fully saturated rings. The van der Waals surface area contributed by atoms with Gasteiger partial charge in [-0.05, 0) is 11.8 Å². The molecule has 2 heteroatoms. The maximum atomic E-state index is 2.23. The number of hydrogen-bond donors (Lipinski definition) is 0. The van der Waals surface area contributed by atoms with Gasteiger partial charge in [0, 0.05) is 25.5 Å². The monoisotopic (exact) mass is 129 g/mol. The second-order valence-corrected chi connectivity index (χ2v) is 3.41. The Morgan fingerprint density at radius 1 is 1.75 bits per heavy atom. The van der Waals surface area contributed by atoms with E-state index in [0.717, 1.165) is 0 Å². The molecular formula is C6H11NS. The number of hydrogen-bond acceptors (Lipinski definition) is 2. The Balaban J connectivity index is 2.50. The first-order valence-corrected chi connectivity index (χ1v) is 3.79. The Hall–Kier alpha value is -0.110. The van der Waals surface area contributed by atoms with E-state index in [0.29, 0.717) is 0 Å². The van der Waals surface area contributed by atoms with Crippen LogP contribution < -0.4 is 0 Å².